The first kappa shape index (κ1) is 23.5. The fraction of sp³-hybridized carbons (Fsp3) is 0.600. The molecule has 0 spiro atoms. The van der Waals surface area contributed by atoms with E-state index in [1.807, 2.05) is 0 Å². The predicted octanol–water partition coefficient (Wildman–Crippen LogP) is 4.73. The summed E-state index contributed by atoms with van der Waals surface area (Å²) in [5, 5.41) is 11.5. The number of thioether (sulfide) groups is 1. The highest BCUT2D eigenvalue weighted by Gasteiger charge is 2.17. The molecule has 1 atom stereocenters. The van der Waals surface area contributed by atoms with Gasteiger partial charge in [0.05, 0.1) is 0 Å². The van der Waals surface area contributed by atoms with Crippen LogP contribution in [0.4, 0.5) is 0 Å². The largest absolute Gasteiger partial charge is 0.480 e. The standard InChI is InChI=1S/C20H33NO3S/c1-15(2)8-6-9-16(3)10-7-11-17(4)12-13-25-14-19(20(23)24)21-18(5)22/h8,10,12,19H,6-7,9,11,13-14H2,1-5H3,(H,21,22)(H,23,24)/b16-10+,17-12+/t19-/m1/s1. The van der Waals surface area contributed by atoms with Crippen molar-refractivity contribution in [3.05, 3.63) is 34.9 Å². The molecule has 0 aromatic carbocycles. The number of carbonyl (C=O) groups excluding carboxylic acids is 1. The second-order valence-corrected chi connectivity index (χ2v) is 7.66. The van der Waals surface area contributed by atoms with E-state index in [0.717, 1.165) is 31.4 Å². The number of carbonyl (C=O) groups is 2. The molecular weight excluding hydrogens is 334 g/mol. The van der Waals surface area contributed by atoms with Crippen molar-refractivity contribution in [1.82, 2.24) is 5.32 Å². The van der Waals surface area contributed by atoms with Crippen molar-refractivity contribution in [2.24, 2.45) is 0 Å². The number of hydrogen-bond acceptors (Lipinski definition) is 3. The van der Waals surface area contributed by atoms with Crippen LogP contribution < -0.4 is 5.32 Å². The molecule has 2 N–H and O–H groups in total. The Morgan fingerprint density at radius 3 is 2.04 bits per heavy atom. The minimum Gasteiger partial charge on any atom is -0.480 e. The number of aliphatic carboxylic acids is 1. The number of allylic oxidation sites excluding steroid dienone is 5. The van der Waals surface area contributed by atoms with Crippen LogP contribution in [0, 0.1) is 0 Å². The SMILES string of the molecule is CC(=O)N[C@H](CSC/C=C(\C)CC/C=C(\C)CCC=C(C)C)C(=O)O. The zero-order chi connectivity index (χ0) is 19.2. The zero-order valence-electron chi connectivity index (χ0n) is 16.2. The average Bonchev–Trinajstić information content (AvgIpc) is 2.49. The summed E-state index contributed by atoms with van der Waals surface area (Å²) in [4.78, 5) is 22.0. The normalized spacial score (nSPS) is 13.3. The van der Waals surface area contributed by atoms with Gasteiger partial charge < -0.3 is 10.4 Å². The molecule has 0 aliphatic heterocycles. The van der Waals surface area contributed by atoms with Gasteiger partial charge in [0.15, 0.2) is 0 Å². The lowest BCUT2D eigenvalue weighted by atomic mass is 10.1. The van der Waals surface area contributed by atoms with E-state index >= 15 is 0 Å². The van der Waals surface area contributed by atoms with Crippen LogP contribution in [0.15, 0.2) is 34.9 Å². The van der Waals surface area contributed by atoms with E-state index in [9.17, 15) is 9.59 Å². The minimum atomic E-state index is -0.989. The van der Waals surface area contributed by atoms with E-state index in [1.165, 1.54) is 35.4 Å². The van der Waals surface area contributed by atoms with Crippen molar-refractivity contribution in [1.29, 1.82) is 0 Å². The smallest absolute Gasteiger partial charge is 0.327 e. The lowest BCUT2D eigenvalue weighted by Crippen LogP contribution is -2.41. The van der Waals surface area contributed by atoms with Crippen molar-refractivity contribution in [2.75, 3.05) is 11.5 Å². The van der Waals surface area contributed by atoms with Gasteiger partial charge in [-0.05, 0) is 53.4 Å². The first-order valence-electron chi connectivity index (χ1n) is 8.74. The van der Waals surface area contributed by atoms with Gasteiger partial charge in [0, 0.05) is 18.4 Å². The first-order valence-corrected chi connectivity index (χ1v) is 9.90. The van der Waals surface area contributed by atoms with Crippen LogP contribution in [0.25, 0.3) is 0 Å². The van der Waals surface area contributed by atoms with Gasteiger partial charge in [-0.3, -0.25) is 4.79 Å². The molecule has 0 fully saturated rings. The first-order chi connectivity index (χ1) is 11.7. The third-order valence-electron chi connectivity index (χ3n) is 3.63. The van der Waals surface area contributed by atoms with Crippen LogP contribution in [0.3, 0.4) is 0 Å². The van der Waals surface area contributed by atoms with Gasteiger partial charge in [-0.15, -0.1) is 0 Å². The molecule has 0 bridgehead atoms. The van der Waals surface area contributed by atoms with Crippen LogP contribution in [-0.4, -0.2) is 34.5 Å². The van der Waals surface area contributed by atoms with Gasteiger partial charge in [0.2, 0.25) is 5.91 Å². The number of amides is 1. The Morgan fingerprint density at radius 2 is 1.52 bits per heavy atom. The molecule has 25 heavy (non-hydrogen) atoms. The van der Waals surface area contributed by atoms with Crippen molar-refractivity contribution < 1.29 is 14.7 Å². The number of rotatable bonds is 12. The van der Waals surface area contributed by atoms with Crippen LogP contribution in [-0.2, 0) is 9.59 Å². The minimum absolute atomic E-state index is 0.313. The molecule has 0 aliphatic rings. The molecule has 1 amide bonds. The molecule has 0 heterocycles. The molecule has 0 saturated heterocycles. The van der Waals surface area contributed by atoms with Gasteiger partial charge in [0.25, 0.3) is 0 Å². The van der Waals surface area contributed by atoms with Gasteiger partial charge in [-0.25, -0.2) is 4.79 Å². The van der Waals surface area contributed by atoms with Gasteiger partial charge >= 0.3 is 5.97 Å². The lowest BCUT2D eigenvalue weighted by molar-refractivity contribution is -0.140. The summed E-state index contributed by atoms with van der Waals surface area (Å²) in [6.45, 7) is 9.87. The molecular formula is C20H33NO3S. The Labute approximate surface area is 156 Å². The molecule has 142 valence electrons. The van der Waals surface area contributed by atoms with Crippen molar-refractivity contribution >= 4 is 23.6 Å². The zero-order valence-corrected chi connectivity index (χ0v) is 17.0. The van der Waals surface area contributed by atoms with E-state index < -0.39 is 12.0 Å². The lowest BCUT2D eigenvalue weighted by Gasteiger charge is -2.12. The Morgan fingerprint density at radius 1 is 0.960 bits per heavy atom. The van der Waals surface area contributed by atoms with Crippen molar-refractivity contribution in [2.45, 2.75) is 66.3 Å². The van der Waals surface area contributed by atoms with Gasteiger partial charge in [-0.1, -0.05) is 34.9 Å². The maximum atomic E-state index is 11.0. The van der Waals surface area contributed by atoms with Crippen LogP contribution in [0.5, 0.6) is 0 Å². The summed E-state index contributed by atoms with van der Waals surface area (Å²) >= 11 is 1.52. The maximum absolute atomic E-state index is 11.0. The fourth-order valence-electron chi connectivity index (χ4n) is 2.15. The third kappa shape index (κ3) is 14.6. The quantitative estimate of drug-likeness (QED) is 0.387. The molecule has 0 aromatic heterocycles. The summed E-state index contributed by atoms with van der Waals surface area (Å²) in [7, 11) is 0. The number of carboxylic acid groups (broad SMARTS) is 1. The summed E-state index contributed by atoms with van der Waals surface area (Å²) in [5.74, 6) is -0.163. The van der Waals surface area contributed by atoms with Gasteiger partial charge in [0.1, 0.15) is 6.04 Å². The summed E-state index contributed by atoms with van der Waals surface area (Å²) in [6, 6.07) is -0.817. The number of carboxylic acids is 1. The van der Waals surface area contributed by atoms with Crippen LogP contribution in [0.1, 0.15) is 60.3 Å². The molecule has 0 saturated carbocycles. The molecule has 4 nitrogen and oxygen atoms in total. The van der Waals surface area contributed by atoms with E-state index in [1.54, 1.807) is 0 Å². The Bertz CT molecular complexity index is 517. The van der Waals surface area contributed by atoms with Crippen molar-refractivity contribution in [3.63, 3.8) is 0 Å². The molecule has 0 aromatic rings. The van der Waals surface area contributed by atoms with E-state index in [2.05, 4.69) is 51.2 Å². The highest BCUT2D eigenvalue weighted by Crippen LogP contribution is 2.13. The molecule has 0 radical (unpaired) electrons. The summed E-state index contributed by atoms with van der Waals surface area (Å²) in [6.07, 6.45) is 11.0. The molecule has 5 heteroatoms. The molecule has 0 aliphatic carbocycles. The van der Waals surface area contributed by atoms with E-state index in [-0.39, 0.29) is 5.91 Å². The molecule has 0 rings (SSSR count). The van der Waals surface area contributed by atoms with Crippen molar-refractivity contribution in [3.8, 4) is 0 Å². The highest BCUT2D eigenvalue weighted by atomic mass is 32.2. The maximum Gasteiger partial charge on any atom is 0.327 e. The summed E-state index contributed by atoms with van der Waals surface area (Å²) < 4.78 is 0. The van der Waals surface area contributed by atoms with E-state index in [4.69, 9.17) is 5.11 Å². The molecule has 0 unspecified atom stereocenters. The Balaban J connectivity index is 4.07. The second kappa shape index (κ2) is 13.8. The average molecular weight is 368 g/mol. The predicted molar refractivity (Wildman–Crippen MR) is 108 cm³/mol. The number of hydrogen-bond donors (Lipinski definition) is 2. The monoisotopic (exact) mass is 367 g/mol. The number of nitrogens with one attached hydrogen (secondary N) is 1. The van der Waals surface area contributed by atoms with Crippen LogP contribution in [0.2, 0.25) is 0 Å². The van der Waals surface area contributed by atoms with Gasteiger partial charge in [-0.2, -0.15) is 11.8 Å². The highest BCUT2D eigenvalue weighted by molar-refractivity contribution is 7.99. The van der Waals surface area contributed by atoms with Crippen LogP contribution >= 0.6 is 11.8 Å². The topological polar surface area (TPSA) is 66.4 Å². The van der Waals surface area contributed by atoms with E-state index in [0.29, 0.717) is 5.75 Å². The summed E-state index contributed by atoms with van der Waals surface area (Å²) in [5.41, 5.74) is 4.11. The Kier molecular flexibility index (Phi) is 12.9. The second-order valence-electron chi connectivity index (χ2n) is 6.59. The Hall–Kier alpha value is -1.49. The third-order valence-corrected chi connectivity index (χ3v) is 4.60. The fourth-order valence-corrected chi connectivity index (χ4v) is 3.15.